The van der Waals surface area contributed by atoms with Gasteiger partial charge in [0.25, 0.3) is 0 Å². The summed E-state index contributed by atoms with van der Waals surface area (Å²) in [7, 11) is 0. The van der Waals surface area contributed by atoms with Crippen LogP contribution in [-0.2, 0) is 25.9 Å². The molecule has 0 saturated carbocycles. The minimum Gasteiger partial charge on any atom is -0.356 e. The molecule has 12 heteroatoms. The van der Waals surface area contributed by atoms with Gasteiger partial charge in [0.2, 0.25) is 13.1 Å². The number of benzene rings is 6. The fourth-order valence-corrected chi connectivity index (χ4v) is 7.79. The molecule has 4 N–H and O–H groups in total. The molecule has 0 amide bonds. The molecule has 4 heterocycles. The number of nitrogens with zero attached hydrogens (tertiary/aromatic N) is 6. The fourth-order valence-electron chi connectivity index (χ4n) is 7.79. The molecule has 4 aromatic heterocycles. The number of hydrogen-bond donors (Lipinski definition) is 2. The van der Waals surface area contributed by atoms with Gasteiger partial charge in [0.15, 0.2) is 23.0 Å². The van der Waals surface area contributed by atoms with Gasteiger partial charge in [-0.3, -0.25) is 0 Å². The highest BCUT2D eigenvalue weighted by Gasteiger charge is 2.16. The maximum atomic E-state index is 7.07. The molecule has 0 unspecified atom stereocenters. The van der Waals surface area contributed by atoms with Crippen LogP contribution in [0.5, 0.6) is 0 Å². The molecule has 332 valence electrons. The molecule has 0 saturated heterocycles. The van der Waals surface area contributed by atoms with Crippen LogP contribution in [0.3, 0.4) is 0 Å². The Balaban J connectivity index is 0.000000170. The molecule has 0 fully saturated rings. The third-order valence-corrected chi connectivity index (χ3v) is 11.2. The van der Waals surface area contributed by atoms with Crippen LogP contribution in [-0.4, -0.2) is 33.7 Å². The molecule has 0 aliphatic carbocycles. The van der Waals surface area contributed by atoms with Crippen molar-refractivity contribution in [2.45, 2.75) is 25.9 Å². The van der Waals surface area contributed by atoms with Gasteiger partial charge in [-0.2, -0.15) is 0 Å². The molecule has 0 aliphatic heterocycles. The largest absolute Gasteiger partial charge is 0.356 e. The first kappa shape index (κ1) is 44.3. The van der Waals surface area contributed by atoms with Crippen LogP contribution in [0.1, 0.15) is 22.3 Å². The second kappa shape index (κ2) is 20.9. The Morgan fingerprint density at radius 1 is 0.338 bits per heavy atom. The van der Waals surface area contributed by atoms with Gasteiger partial charge in [-0.25, -0.2) is 13.1 Å². The topological polar surface area (TPSA) is 165 Å². The first-order valence-electron chi connectivity index (χ1n) is 22.0. The zero-order valence-electron chi connectivity index (χ0n) is 36.9. The minimum atomic E-state index is 0.334. The third-order valence-electron chi connectivity index (χ3n) is 11.2. The van der Waals surface area contributed by atoms with Gasteiger partial charge in [-0.1, -0.05) is 130 Å². The highest BCUT2D eigenvalue weighted by Crippen LogP contribution is 2.34. The third kappa shape index (κ3) is 10.4. The van der Waals surface area contributed by atoms with Crippen molar-refractivity contribution in [2.24, 2.45) is 11.5 Å². The molecular formula is C56H44N8O4. The summed E-state index contributed by atoms with van der Waals surface area (Å²) in [6.45, 7) is 16.0. The van der Waals surface area contributed by atoms with Gasteiger partial charge in [-0.15, -0.1) is 0 Å². The van der Waals surface area contributed by atoms with Crippen molar-refractivity contribution in [2.75, 3.05) is 13.1 Å². The van der Waals surface area contributed by atoms with Crippen LogP contribution in [0, 0.1) is 13.1 Å². The highest BCUT2D eigenvalue weighted by molar-refractivity contribution is 5.76. The fraction of sp³-hybridized carbons (Fsp3) is 0.107. The lowest BCUT2D eigenvalue weighted by atomic mass is 10.0. The van der Waals surface area contributed by atoms with E-state index in [4.69, 9.17) is 42.7 Å². The molecule has 10 rings (SSSR count). The van der Waals surface area contributed by atoms with Gasteiger partial charge < -0.3 is 39.2 Å². The van der Waals surface area contributed by atoms with Gasteiger partial charge in [-0.05, 0) is 73.5 Å². The maximum absolute atomic E-state index is 7.07. The summed E-state index contributed by atoms with van der Waals surface area (Å²) in [5.74, 6) is 2.74. The Kier molecular flexibility index (Phi) is 13.6. The van der Waals surface area contributed by atoms with Gasteiger partial charge >= 0.3 is 0 Å². The van der Waals surface area contributed by atoms with Crippen molar-refractivity contribution in [1.82, 2.24) is 20.6 Å². The van der Waals surface area contributed by atoms with Crippen LogP contribution in [0.2, 0.25) is 0 Å². The molecule has 68 heavy (non-hydrogen) atoms. The Bertz CT molecular complexity index is 3190. The SMILES string of the molecule is NCCc1cccc(-c2cc(-c3cccc(-c4cc(-c5cccc(CCN)c5)on4)c3)no2)c1.[C-]#[N+]Cc1cccc(-c2cc(-c3cccc(-c4cc(-c5cccc(C[N+]#[C-])c5)on4)c3)no2)c1. The molecule has 0 radical (unpaired) electrons. The van der Waals surface area contributed by atoms with Crippen molar-refractivity contribution in [3.05, 3.63) is 215 Å². The van der Waals surface area contributed by atoms with Crippen LogP contribution >= 0.6 is 0 Å². The van der Waals surface area contributed by atoms with E-state index in [2.05, 4.69) is 54.6 Å². The molecule has 0 spiro atoms. The summed E-state index contributed by atoms with van der Waals surface area (Å²) >= 11 is 0. The van der Waals surface area contributed by atoms with E-state index in [0.29, 0.717) is 49.1 Å². The predicted molar refractivity (Wildman–Crippen MR) is 263 cm³/mol. The van der Waals surface area contributed by atoms with E-state index in [1.165, 1.54) is 11.1 Å². The van der Waals surface area contributed by atoms with Crippen LogP contribution in [0.25, 0.3) is 100 Å². The van der Waals surface area contributed by atoms with Crippen LogP contribution < -0.4 is 11.5 Å². The van der Waals surface area contributed by atoms with Crippen molar-refractivity contribution in [3.8, 4) is 90.3 Å². The minimum absolute atomic E-state index is 0.334. The van der Waals surface area contributed by atoms with E-state index >= 15 is 0 Å². The summed E-state index contributed by atoms with van der Waals surface area (Å²) in [4.78, 5) is 6.89. The van der Waals surface area contributed by atoms with Crippen LogP contribution in [0.15, 0.2) is 188 Å². The summed E-state index contributed by atoms with van der Waals surface area (Å²) in [6.07, 6.45) is 1.65. The number of aromatic nitrogens is 4. The first-order chi connectivity index (χ1) is 33.5. The van der Waals surface area contributed by atoms with Crippen molar-refractivity contribution in [1.29, 1.82) is 0 Å². The van der Waals surface area contributed by atoms with E-state index in [9.17, 15) is 0 Å². The summed E-state index contributed by atoms with van der Waals surface area (Å²) in [6, 6.07) is 55.4. The van der Waals surface area contributed by atoms with Gasteiger partial charge in [0.1, 0.15) is 22.8 Å². The van der Waals surface area contributed by atoms with Gasteiger partial charge in [0, 0.05) is 79.9 Å². The van der Waals surface area contributed by atoms with E-state index in [1.807, 2.05) is 146 Å². The quantitative estimate of drug-likeness (QED) is 0.100. The first-order valence-corrected chi connectivity index (χ1v) is 22.0. The number of rotatable bonds is 14. The zero-order chi connectivity index (χ0) is 46.7. The van der Waals surface area contributed by atoms with Crippen molar-refractivity contribution < 1.29 is 18.1 Å². The lowest BCUT2D eigenvalue weighted by Crippen LogP contribution is -2.02. The summed E-state index contributed by atoms with van der Waals surface area (Å²) < 4.78 is 22.5. The smallest absolute Gasteiger partial charge is 0.239 e. The Morgan fingerprint density at radius 3 is 0.897 bits per heavy atom. The Morgan fingerprint density at radius 2 is 0.603 bits per heavy atom. The lowest BCUT2D eigenvalue weighted by Gasteiger charge is -2.01. The van der Waals surface area contributed by atoms with Gasteiger partial charge in [0.05, 0.1) is 0 Å². The van der Waals surface area contributed by atoms with E-state index in [1.54, 1.807) is 0 Å². The number of nitrogens with two attached hydrogens (primary N) is 2. The van der Waals surface area contributed by atoms with Crippen molar-refractivity contribution in [3.63, 3.8) is 0 Å². The van der Waals surface area contributed by atoms with Crippen molar-refractivity contribution >= 4 is 0 Å². The average Bonchev–Trinajstić information content (AvgIpc) is 4.24. The standard InChI is InChI=1S/C28H18N4O2.C28H26N4O2/c1-29-17-19-6-3-10-23(12-19)27-15-25(31-33-27)21-8-5-9-22(14-21)26-16-28(34-32-26)24-11-4-7-20(13-24)18-30-2;29-12-10-19-4-1-8-23(14-19)27-17-25(31-33-27)21-6-3-7-22(16-21)26-18-28(34-32-26)24-9-2-5-20(15-24)11-13-30/h3-16H,17-18H2;1-9,14-18H,10-13,29-30H2. The monoisotopic (exact) mass is 892 g/mol. The van der Waals surface area contributed by atoms with Crippen LogP contribution in [0.4, 0.5) is 0 Å². The average molecular weight is 893 g/mol. The van der Waals surface area contributed by atoms with E-state index < -0.39 is 0 Å². The molecule has 0 atom stereocenters. The number of hydrogen-bond acceptors (Lipinski definition) is 10. The predicted octanol–water partition coefficient (Wildman–Crippen LogP) is 12.5. The van der Waals surface area contributed by atoms with E-state index in [-0.39, 0.29) is 0 Å². The second-order valence-corrected chi connectivity index (χ2v) is 16.0. The highest BCUT2D eigenvalue weighted by atomic mass is 16.5. The molecule has 10 aromatic rings. The normalized spacial score (nSPS) is 10.8. The van der Waals surface area contributed by atoms with E-state index in [0.717, 1.165) is 91.4 Å². The summed E-state index contributed by atoms with van der Waals surface area (Å²) in [5, 5.41) is 17.1. The molecular weight excluding hydrogens is 849 g/mol. The molecule has 0 aliphatic rings. The molecule has 0 bridgehead atoms. The second-order valence-electron chi connectivity index (χ2n) is 16.0. The lowest BCUT2D eigenvalue weighted by molar-refractivity contribution is 0.434. The zero-order valence-corrected chi connectivity index (χ0v) is 36.9. The maximum Gasteiger partial charge on any atom is 0.239 e. The molecule has 6 aromatic carbocycles. The summed E-state index contributed by atoms with van der Waals surface area (Å²) in [5.41, 5.74) is 26.0. The Labute approximate surface area is 393 Å². The Hall–Kier alpha value is -8.94. The molecule has 12 nitrogen and oxygen atoms in total.